The van der Waals surface area contributed by atoms with Gasteiger partial charge in [0.2, 0.25) is 0 Å². The lowest BCUT2D eigenvalue weighted by Crippen LogP contribution is -2.41. The molecule has 4 heteroatoms. The van der Waals surface area contributed by atoms with E-state index in [-0.39, 0.29) is 17.8 Å². The van der Waals surface area contributed by atoms with Crippen LogP contribution in [0.25, 0.3) is 0 Å². The normalized spacial score (nSPS) is 17.4. The largest absolute Gasteiger partial charge is 0.379 e. The molecule has 1 aromatic heterocycles. The average molecular weight is 362 g/mol. The van der Waals surface area contributed by atoms with Gasteiger partial charge in [0.25, 0.3) is 0 Å². The predicted molar refractivity (Wildman–Crippen MR) is 104 cm³/mol. The number of ether oxygens (including phenoxy) is 1. The Morgan fingerprint density at radius 3 is 2.19 bits per heavy atom. The third-order valence-electron chi connectivity index (χ3n) is 5.17. The van der Waals surface area contributed by atoms with Crippen LogP contribution in [0.15, 0.2) is 79.1 Å². The number of nitrogens with zero attached hydrogens (tertiary/aromatic N) is 2. The number of benzene rings is 2. The summed E-state index contributed by atoms with van der Waals surface area (Å²) in [5.41, 5.74) is 3.49. The molecule has 2 atom stereocenters. The average Bonchev–Trinajstić information content (AvgIpc) is 2.75. The Morgan fingerprint density at radius 2 is 1.52 bits per heavy atom. The fourth-order valence-corrected chi connectivity index (χ4v) is 3.91. The number of hydrogen-bond donors (Lipinski definition) is 0. The zero-order valence-corrected chi connectivity index (χ0v) is 15.2. The summed E-state index contributed by atoms with van der Waals surface area (Å²) in [5, 5.41) is 0. The molecule has 0 radical (unpaired) electrons. The maximum atomic E-state index is 13.6. The van der Waals surface area contributed by atoms with E-state index < -0.39 is 0 Å². The highest BCUT2D eigenvalue weighted by molar-refractivity contribution is 5.37. The van der Waals surface area contributed by atoms with Crippen LogP contribution in [0.4, 0.5) is 4.39 Å². The molecule has 1 saturated heterocycles. The molecular weight excluding hydrogens is 339 g/mol. The van der Waals surface area contributed by atoms with Crippen molar-refractivity contribution in [2.24, 2.45) is 0 Å². The van der Waals surface area contributed by atoms with E-state index in [2.05, 4.69) is 40.2 Å². The van der Waals surface area contributed by atoms with Crippen LogP contribution in [0.2, 0.25) is 0 Å². The molecule has 1 aliphatic heterocycles. The number of aromatic nitrogens is 1. The lowest BCUT2D eigenvalue weighted by molar-refractivity contribution is 0.0124. The first-order chi connectivity index (χ1) is 13.3. The Hall–Kier alpha value is -2.56. The van der Waals surface area contributed by atoms with Gasteiger partial charge < -0.3 is 4.74 Å². The molecule has 138 valence electrons. The van der Waals surface area contributed by atoms with Crippen molar-refractivity contribution >= 4 is 0 Å². The number of pyridine rings is 1. The molecule has 0 aliphatic carbocycles. The van der Waals surface area contributed by atoms with E-state index in [1.54, 1.807) is 18.3 Å². The van der Waals surface area contributed by atoms with Gasteiger partial charge >= 0.3 is 0 Å². The zero-order chi connectivity index (χ0) is 18.5. The van der Waals surface area contributed by atoms with Crippen LogP contribution in [0.1, 0.15) is 28.7 Å². The summed E-state index contributed by atoms with van der Waals surface area (Å²) in [4.78, 5) is 6.81. The second kappa shape index (κ2) is 8.42. The molecule has 27 heavy (non-hydrogen) atoms. The summed E-state index contributed by atoms with van der Waals surface area (Å²) in [7, 11) is 0. The fraction of sp³-hybridized carbons (Fsp3) is 0.261. The fourth-order valence-electron chi connectivity index (χ4n) is 3.91. The van der Waals surface area contributed by atoms with Gasteiger partial charge in [0.15, 0.2) is 0 Å². The van der Waals surface area contributed by atoms with Crippen molar-refractivity contribution in [3.63, 3.8) is 0 Å². The van der Waals surface area contributed by atoms with Gasteiger partial charge in [-0.15, -0.1) is 0 Å². The molecule has 2 heterocycles. The Labute approximate surface area is 159 Å². The summed E-state index contributed by atoms with van der Waals surface area (Å²) in [6, 6.07) is 21.6. The van der Waals surface area contributed by atoms with Crippen LogP contribution in [0.5, 0.6) is 0 Å². The SMILES string of the molecule is Fc1ccc(C(C(c2ccccc2)c2cccnc2)N2CCOCC2)cc1. The maximum Gasteiger partial charge on any atom is 0.123 e. The van der Waals surface area contributed by atoms with Crippen LogP contribution in [0.3, 0.4) is 0 Å². The van der Waals surface area contributed by atoms with Gasteiger partial charge in [-0.1, -0.05) is 48.5 Å². The third kappa shape index (κ3) is 4.07. The molecule has 3 aromatic rings. The Bertz CT molecular complexity index is 794. The van der Waals surface area contributed by atoms with Gasteiger partial charge in [-0.05, 0) is 34.9 Å². The molecule has 1 fully saturated rings. The minimum absolute atomic E-state index is 0.0844. The van der Waals surface area contributed by atoms with Crippen molar-refractivity contribution in [2.75, 3.05) is 26.3 Å². The van der Waals surface area contributed by atoms with Gasteiger partial charge in [-0.2, -0.15) is 0 Å². The van der Waals surface area contributed by atoms with E-state index in [0.717, 1.165) is 24.2 Å². The maximum absolute atomic E-state index is 13.6. The van der Waals surface area contributed by atoms with E-state index in [1.165, 1.54) is 5.56 Å². The van der Waals surface area contributed by atoms with Crippen molar-refractivity contribution in [3.8, 4) is 0 Å². The Morgan fingerprint density at radius 1 is 0.815 bits per heavy atom. The van der Waals surface area contributed by atoms with E-state index in [4.69, 9.17) is 4.74 Å². The summed E-state index contributed by atoms with van der Waals surface area (Å²) >= 11 is 0. The predicted octanol–water partition coefficient (Wildman–Crippen LogP) is 4.43. The summed E-state index contributed by atoms with van der Waals surface area (Å²) < 4.78 is 19.2. The molecular formula is C23H23FN2O. The molecule has 0 saturated carbocycles. The molecule has 2 unspecified atom stereocenters. The molecule has 3 nitrogen and oxygen atoms in total. The van der Waals surface area contributed by atoms with Crippen molar-refractivity contribution < 1.29 is 9.13 Å². The highest BCUT2D eigenvalue weighted by atomic mass is 19.1. The van der Waals surface area contributed by atoms with Crippen LogP contribution in [-0.2, 0) is 4.74 Å². The number of halogens is 1. The molecule has 2 aromatic carbocycles. The van der Waals surface area contributed by atoms with Crippen molar-refractivity contribution in [3.05, 3.63) is 102 Å². The zero-order valence-electron chi connectivity index (χ0n) is 15.2. The summed E-state index contributed by atoms with van der Waals surface area (Å²) in [5.74, 6) is -0.111. The second-order valence-corrected chi connectivity index (χ2v) is 6.82. The van der Waals surface area contributed by atoms with E-state index in [9.17, 15) is 4.39 Å². The summed E-state index contributed by atoms with van der Waals surface area (Å²) in [6.45, 7) is 3.13. The Kier molecular flexibility index (Phi) is 5.56. The van der Waals surface area contributed by atoms with Crippen molar-refractivity contribution in [2.45, 2.75) is 12.0 Å². The van der Waals surface area contributed by atoms with Gasteiger partial charge in [-0.3, -0.25) is 9.88 Å². The first kappa shape index (κ1) is 17.8. The van der Waals surface area contributed by atoms with Gasteiger partial charge in [-0.25, -0.2) is 4.39 Å². The lowest BCUT2D eigenvalue weighted by atomic mass is 9.81. The molecule has 4 rings (SSSR count). The van der Waals surface area contributed by atoms with Crippen LogP contribution in [0, 0.1) is 5.82 Å². The van der Waals surface area contributed by atoms with Crippen LogP contribution < -0.4 is 0 Å². The quantitative estimate of drug-likeness (QED) is 0.672. The minimum Gasteiger partial charge on any atom is -0.379 e. The smallest absolute Gasteiger partial charge is 0.123 e. The monoisotopic (exact) mass is 362 g/mol. The number of rotatable bonds is 5. The van der Waals surface area contributed by atoms with E-state index >= 15 is 0 Å². The number of hydrogen-bond acceptors (Lipinski definition) is 3. The lowest BCUT2D eigenvalue weighted by Gasteiger charge is -2.40. The van der Waals surface area contributed by atoms with E-state index in [1.807, 2.05) is 30.5 Å². The first-order valence-electron chi connectivity index (χ1n) is 9.35. The van der Waals surface area contributed by atoms with Crippen molar-refractivity contribution in [1.29, 1.82) is 0 Å². The molecule has 0 amide bonds. The van der Waals surface area contributed by atoms with Gasteiger partial charge in [0.05, 0.1) is 13.2 Å². The standard InChI is InChI=1S/C23H23FN2O/c24-21-10-8-19(9-11-21)23(26-13-15-27-16-14-26)22(18-5-2-1-3-6-18)20-7-4-12-25-17-20/h1-12,17,22-23H,13-16H2. The first-order valence-corrected chi connectivity index (χ1v) is 9.35. The highest BCUT2D eigenvalue weighted by Crippen LogP contribution is 2.40. The van der Waals surface area contributed by atoms with Gasteiger partial charge in [0.1, 0.15) is 5.82 Å². The highest BCUT2D eigenvalue weighted by Gasteiger charge is 2.32. The second-order valence-electron chi connectivity index (χ2n) is 6.82. The van der Waals surface area contributed by atoms with E-state index in [0.29, 0.717) is 13.2 Å². The van der Waals surface area contributed by atoms with Crippen LogP contribution >= 0.6 is 0 Å². The Balaban J connectivity index is 1.84. The molecule has 0 spiro atoms. The van der Waals surface area contributed by atoms with Crippen molar-refractivity contribution in [1.82, 2.24) is 9.88 Å². The molecule has 0 N–H and O–H groups in total. The molecule has 1 aliphatic rings. The summed E-state index contributed by atoms with van der Waals surface area (Å²) in [6.07, 6.45) is 3.74. The number of morpholine rings is 1. The van der Waals surface area contributed by atoms with Gasteiger partial charge in [0, 0.05) is 37.4 Å². The van der Waals surface area contributed by atoms with Crippen LogP contribution in [-0.4, -0.2) is 36.2 Å². The topological polar surface area (TPSA) is 25.4 Å². The molecule has 0 bridgehead atoms. The minimum atomic E-state index is -0.211. The third-order valence-corrected chi connectivity index (χ3v) is 5.17.